The molecule has 2 nitrogen and oxygen atoms in total. The fourth-order valence-electron chi connectivity index (χ4n) is 0.860. The predicted molar refractivity (Wildman–Crippen MR) is 59.0 cm³/mol. The maximum atomic E-state index is 12.3. The van der Waals surface area contributed by atoms with Crippen molar-refractivity contribution >= 4 is 44.2 Å². The molecule has 0 saturated heterocycles. The monoisotopic (exact) mass is 362 g/mol. The van der Waals surface area contributed by atoms with Gasteiger partial charge >= 0.3 is 0 Å². The fourth-order valence-corrected chi connectivity index (χ4v) is 2.57. The Kier molecular flexibility index (Phi) is 3.84. The SMILES string of the molecule is Nc1c(C(F)F)cnc(I)c1CBr. The van der Waals surface area contributed by atoms with Crippen molar-refractivity contribution in [1.82, 2.24) is 4.98 Å². The number of hydrogen-bond donors (Lipinski definition) is 1. The molecule has 0 unspecified atom stereocenters. The molecule has 0 spiro atoms. The van der Waals surface area contributed by atoms with E-state index in [0.29, 0.717) is 14.6 Å². The van der Waals surface area contributed by atoms with Crippen LogP contribution in [0.2, 0.25) is 0 Å². The second-order valence-corrected chi connectivity index (χ2v) is 3.91. The summed E-state index contributed by atoms with van der Waals surface area (Å²) >= 11 is 5.13. The molecule has 1 aromatic heterocycles. The van der Waals surface area contributed by atoms with Gasteiger partial charge in [0.05, 0.1) is 5.56 Å². The Morgan fingerprint density at radius 1 is 1.62 bits per heavy atom. The summed E-state index contributed by atoms with van der Waals surface area (Å²) in [7, 11) is 0. The van der Waals surface area contributed by atoms with E-state index in [1.807, 2.05) is 22.6 Å². The van der Waals surface area contributed by atoms with E-state index in [-0.39, 0.29) is 11.3 Å². The number of halogens is 4. The Balaban J connectivity index is 3.27. The van der Waals surface area contributed by atoms with Crippen LogP contribution in [-0.2, 0) is 5.33 Å². The van der Waals surface area contributed by atoms with Crippen molar-refractivity contribution in [2.45, 2.75) is 11.8 Å². The molecule has 13 heavy (non-hydrogen) atoms. The third kappa shape index (κ3) is 2.28. The van der Waals surface area contributed by atoms with Gasteiger partial charge < -0.3 is 5.73 Å². The molecule has 1 aromatic rings. The van der Waals surface area contributed by atoms with Crippen molar-refractivity contribution in [3.05, 3.63) is 21.0 Å². The molecule has 72 valence electrons. The van der Waals surface area contributed by atoms with Crippen LogP contribution >= 0.6 is 38.5 Å². The van der Waals surface area contributed by atoms with Crippen LogP contribution in [0.15, 0.2) is 6.20 Å². The van der Waals surface area contributed by atoms with Crippen LogP contribution in [0.4, 0.5) is 14.5 Å². The summed E-state index contributed by atoms with van der Waals surface area (Å²) in [5, 5.41) is 0.435. The van der Waals surface area contributed by atoms with Crippen molar-refractivity contribution in [2.24, 2.45) is 0 Å². The summed E-state index contributed by atoms with van der Waals surface area (Å²) in [5.74, 6) is 0. The lowest BCUT2D eigenvalue weighted by atomic mass is 10.2. The van der Waals surface area contributed by atoms with Gasteiger partial charge in [-0.3, -0.25) is 0 Å². The zero-order valence-electron chi connectivity index (χ0n) is 6.40. The zero-order valence-corrected chi connectivity index (χ0v) is 10.1. The zero-order chi connectivity index (χ0) is 10.0. The molecule has 0 aliphatic rings. The molecule has 0 atom stereocenters. The molecule has 0 amide bonds. The van der Waals surface area contributed by atoms with Gasteiger partial charge in [0.1, 0.15) is 3.70 Å². The summed E-state index contributed by atoms with van der Waals surface area (Å²) in [6.07, 6.45) is -1.45. The number of nitrogens with two attached hydrogens (primary N) is 1. The number of aromatic nitrogens is 1. The van der Waals surface area contributed by atoms with Crippen molar-refractivity contribution in [2.75, 3.05) is 5.73 Å². The van der Waals surface area contributed by atoms with Gasteiger partial charge in [0.2, 0.25) is 0 Å². The van der Waals surface area contributed by atoms with Gasteiger partial charge in [-0.1, -0.05) is 15.9 Å². The maximum Gasteiger partial charge on any atom is 0.267 e. The molecule has 0 fully saturated rings. The molecule has 0 bridgehead atoms. The van der Waals surface area contributed by atoms with Gasteiger partial charge in [-0.2, -0.15) is 0 Å². The minimum atomic E-state index is -2.57. The summed E-state index contributed by atoms with van der Waals surface area (Å²) in [6.45, 7) is 0. The second-order valence-electron chi connectivity index (χ2n) is 2.33. The first kappa shape index (κ1) is 11.1. The van der Waals surface area contributed by atoms with Gasteiger partial charge in [-0.05, 0) is 22.6 Å². The Morgan fingerprint density at radius 3 is 2.69 bits per heavy atom. The fraction of sp³-hybridized carbons (Fsp3) is 0.286. The Bertz CT molecular complexity index is 320. The van der Waals surface area contributed by atoms with Gasteiger partial charge in [0.25, 0.3) is 6.43 Å². The Labute approximate surface area is 96.2 Å². The molecule has 0 aliphatic carbocycles. The normalized spacial score (nSPS) is 10.8. The number of rotatable bonds is 2. The Morgan fingerprint density at radius 2 is 2.23 bits per heavy atom. The highest BCUT2D eigenvalue weighted by molar-refractivity contribution is 14.1. The Hall–Kier alpha value is 0.0200. The van der Waals surface area contributed by atoms with Crippen molar-refractivity contribution < 1.29 is 8.78 Å². The van der Waals surface area contributed by atoms with E-state index in [4.69, 9.17) is 5.73 Å². The molecule has 0 aliphatic heterocycles. The largest absolute Gasteiger partial charge is 0.398 e. The topological polar surface area (TPSA) is 38.9 Å². The van der Waals surface area contributed by atoms with Crippen molar-refractivity contribution in [3.8, 4) is 0 Å². The van der Waals surface area contributed by atoms with Gasteiger partial charge in [0.15, 0.2) is 0 Å². The second kappa shape index (κ2) is 4.50. The standard InChI is InChI=1S/C7H6BrF2IN2/c8-1-3-5(12)4(6(9)10)2-13-7(3)11/h2,6H,1H2,(H2,12,13). The van der Waals surface area contributed by atoms with Crippen LogP contribution < -0.4 is 5.73 Å². The molecular formula is C7H6BrF2IN2. The predicted octanol–water partition coefficient (Wildman–Crippen LogP) is 3.10. The number of pyridine rings is 1. The average Bonchev–Trinajstić information content (AvgIpc) is 2.04. The first-order valence-corrected chi connectivity index (χ1v) is 5.54. The smallest absolute Gasteiger partial charge is 0.267 e. The van der Waals surface area contributed by atoms with E-state index in [1.54, 1.807) is 0 Å². The quantitative estimate of drug-likeness (QED) is 0.499. The highest BCUT2D eigenvalue weighted by Crippen LogP contribution is 2.30. The van der Waals surface area contributed by atoms with E-state index in [1.165, 1.54) is 0 Å². The van der Waals surface area contributed by atoms with Gasteiger partial charge in [-0.15, -0.1) is 0 Å². The molecular weight excluding hydrogens is 357 g/mol. The molecule has 1 rings (SSSR count). The third-order valence-electron chi connectivity index (χ3n) is 1.57. The molecule has 0 radical (unpaired) electrons. The summed E-state index contributed by atoms with van der Waals surface area (Å²) < 4.78 is 25.3. The van der Waals surface area contributed by atoms with Crippen LogP contribution in [0.1, 0.15) is 17.6 Å². The number of anilines is 1. The van der Waals surface area contributed by atoms with E-state index >= 15 is 0 Å². The van der Waals surface area contributed by atoms with E-state index < -0.39 is 6.43 Å². The van der Waals surface area contributed by atoms with E-state index in [2.05, 4.69) is 20.9 Å². The number of nitrogen functional groups attached to an aromatic ring is 1. The molecule has 2 N–H and O–H groups in total. The molecule has 0 saturated carbocycles. The minimum Gasteiger partial charge on any atom is -0.398 e. The highest BCUT2D eigenvalue weighted by Gasteiger charge is 2.16. The van der Waals surface area contributed by atoms with Crippen LogP contribution in [0.5, 0.6) is 0 Å². The maximum absolute atomic E-state index is 12.3. The minimum absolute atomic E-state index is 0.131. The number of nitrogens with zero attached hydrogens (tertiary/aromatic N) is 1. The molecule has 6 heteroatoms. The van der Waals surface area contributed by atoms with Gasteiger partial charge in [0, 0.05) is 22.8 Å². The van der Waals surface area contributed by atoms with Crippen molar-refractivity contribution in [1.29, 1.82) is 0 Å². The van der Waals surface area contributed by atoms with Crippen molar-refractivity contribution in [3.63, 3.8) is 0 Å². The van der Waals surface area contributed by atoms with Crippen LogP contribution in [0.3, 0.4) is 0 Å². The highest BCUT2D eigenvalue weighted by atomic mass is 127. The third-order valence-corrected chi connectivity index (χ3v) is 3.06. The van der Waals surface area contributed by atoms with Crippen LogP contribution in [-0.4, -0.2) is 4.98 Å². The number of hydrogen-bond acceptors (Lipinski definition) is 2. The lowest BCUT2D eigenvalue weighted by Crippen LogP contribution is -2.03. The van der Waals surface area contributed by atoms with Crippen LogP contribution in [0, 0.1) is 3.70 Å². The molecule has 1 heterocycles. The summed E-state index contributed by atoms with van der Waals surface area (Å²) in [5.41, 5.74) is 6.10. The number of alkyl halides is 3. The summed E-state index contributed by atoms with van der Waals surface area (Å²) in [4.78, 5) is 3.83. The first-order chi connectivity index (χ1) is 6.07. The van der Waals surface area contributed by atoms with E-state index in [0.717, 1.165) is 6.20 Å². The lowest BCUT2D eigenvalue weighted by Gasteiger charge is -2.09. The first-order valence-electron chi connectivity index (χ1n) is 3.34. The lowest BCUT2D eigenvalue weighted by molar-refractivity contribution is 0.151. The average molecular weight is 363 g/mol. The van der Waals surface area contributed by atoms with E-state index in [9.17, 15) is 8.78 Å². The summed E-state index contributed by atoms with van der Waals surface area (Å²) in [6, 6.07) is 0. The van der Waals surface area contributed by atoms with Gasteiger partial charge in [-0.25, -0.2) is 13.8 Å². The van der Waals surface area contributed by atoms with Crippen LogP contribution in [0.25, 0.3) is 0 Å². The molecule has 0 aromatic carbocycles.